The molecule has 0 aliphatic carbocycles. The van der Waals surface area contributed by atoms with Crippen LogP contribution in [0.5, 0.6) is 5.75 Å². The highest BCUT2D eigenvalue weighted by Gasteiger charge is 2.25. The van der Waals surface area contributed by atoms with E-state index < -0.39 is 23.4 Å². The van der Waals surface area contributed by atoms with E-state index in [1.807, 2.05) is 0 Å². The number of rotatable bonds is 4. The summed E-state index contributed by atoms with van der Waals surface area (Å²) in [5.41, 5.74) is 1.26. The molecule has 0 saturated heterocycles. The van der Waals surface area contributed by atoms with Crippen molar-refractivity contribution in [2.24, 2.45) is 0 Å². The van der Waals surface area contributed by atoms with Crippen LogP contribution >= 0.6 is 11.6 Å². The molecule has 1 heterocycles. The molecule has 0 aliphatic heterocycles. The third-order valence-electron chi connectivity index (χ3n) is 4.38. The Morgan fingerprint density at radius 3 is 2.61 bits per heavy atom. The lowest BCUT2D eigenvalue weighted by molar-refractivity contribution is -0.146. The van der Waals surface area contributed by atoms with Gasteiger partial charge in [-0.25, -0.2) is 4.39 Å². The van der Waals surface area contributed by atoms with Crippen LogP contribution in [0.4, 0.5) is 4.39 Å². The molecule has 0 spiro atoms. The first-order chi connectivity index (χ1) is 13.2. The fourth-order valence-electron chi connectivity index (χ4n) is 3.20. The zero-order valence-corrected chi connectivity index (χ0v) is 16.4. The zero-order chi connectivity index (χ0) is 20.6. The largest absolute Gasteiger partial charge is 0.505 e. The van der Waals surface area contributed by atoms with Crippen LogP contribution in [0.2, 0.25) is 5.02 Å². The molecule has 0 atom stereocenters. The Balaban J connectivity index is 2.21. The molecule has 5 nitrogen and oxygen atoms in total. The van der Waals surface area contributed by atoms with E-state index >= 15 is 0 Å². The first-order valence-electron chi connectivity index (χ1n) is 8.71. The van der Waals surface area contributed by atoms with Crippen LogP contribution in [-0.4, -0.2) is 27.7 Å². The van der Waals surface area contributed by atoms with Crippen LogP contribution in [0.1, 0.15) is 35.5 Å². The van der Waals surface area contributed by atoms with Crippen LogP contribution < -0.4 is 0 Å². The van der Waals surface area contributed by atoms with E-state index in [0.717, 1.165) is 0 Å². The lowest BCUT2D eigenvalue weighted by atomic mass is 10.1. The molecule has 0 amide bonds. The Morgan fingerprint density at radius 1 is 1.25 bits per heavy atom. The van der Waals surface area contributed by atoms with Crippen molar-refractivity contribution in [3.8, 4) is 5.75 Å². The molecule has 0 bridgehead atoms. The number of ether oxygens (including phenoxy) is 1. The predicted molar refractivity (Wildman–Crippen MR) is 104 cm³/mol. The number of aromatic nitrogens is 1. The van der Waals surface area contributed by atoms with Gasteiger partial charge >= 0.3 is 5.97 Å². The monoisotopic (exact) mass is 403 g/mol. The van der Waals surface area contributed by atoms with Crippen molar-refractivity contribution in [2.45, 2.75) is 33.3 Å². The van der Waals surface area contributed by atoms with Crippen LogP contribution in [0.15, 0.2) is 36.4 Å². The number of carbonyl (C=O) groups is 2. The molecule has 28 heavy (non-hydrogen) atoms. The predicted octanol–water partition coefficient (Wildman–Crippen LogP) is 4.63. The zero-order valence-electron chi connectivity index (χ0n) is 15.6. The summed E-state index contributed by atoms with van der Waals surface area (Å²) in [6.45, 7) is 5.04. The first kappa shape index (κ1) is 19.9. The van der Waals surface area contributed by atoms with Crippen LogP contribution in [0, 0.1) is 12.7 Å². The minimum Gasteiger partial charge on any atom is -0.505 e. The van der Waals surface area contributed by atoms with E-state index in [-0.39, 0.29) is 23.4 Å². The minimum absolute atomic E-state index is 0.0218. The number of hydrogen-bond acceptors (Lipinski definition) is 4. The molecule has 0 unspecified atom stereocenters. The summed E-state index contributed by atoms with van der Waals surface area (Å²) >= 11 is 5.99. The Kier molecular flexibility index (Phi) is 5.42. The number of halogens is 2. The molecular weight excluding hydrogens is 385 g/mol. The topological polar surface area (TPSA) is 68.5 Å². The fourth-order valence-corrected chi connectivity index (χ4v) is 3.39. The van der Waals surface area contributed by atoms with Gasteiger partial charge in [0.25, 0.3) is 5.91 Å². The standard InChI is InChI=1S/C21H19ClFNO4/c1-11(2)28-18(26)10-15-12(3)24(16-7-8-17(25)20(23)19(15)16)21(27)13-5-4-6-14(22)9-13/h4-9,11,25H,10H2,1-3H3. The van der Waals surface area contributed by atoms with Gasteiger partial charge in [-0.1, -0.05) is 17.7 Å². The molecule has 7 heteroatoms. The molecule has 0 saturated carbocycles. The quantitative estimate of drug-likeness (QED) is 0.645. The lowest BCUT2D eigenvalue weighted by Gasteiger charge is -2.09. The Labute approximate surface area is 166 Å². The second kappa shape index (κ2) is 7.64. The maximum absolute atomic E-state index is 14.7. The number of phenols is 1. The van der Waals surface area contributed by atoms with Crippen LogP contribution in [-0.2, 0) is 16.0 Å². The Bertz CT molecular complexity index is 1090. The molecule has 0 fully saturated rings. The number of esters is 1. The van der Waals surface area contributed by atoms with Gasteiger partial charge in [-0.15, -0.1) is 0 Å². The van der Waals surface area contributed by atoms with Crippen molar-refractivity contribution in [2.75, 3.05) is 0 Å². The summed E-state index contributed by atoms with van der Waals surface area (Å²) in [5.74, 6) is -2.41. The highest BCUT2D eigenvalue weighted by atomic mass is 35.5. The molecular formula is C21H19ClFNO4. The van der Waals surface area contributed by atoms with E-state index in [2.05, 4.69) is 0 Å². The van der Waals surface area contributed by atoms with Gasteiger partial charge < -0.3 is 9.84 Å². The van der Waals surface area contributed by atoms with Crippen molar-refractivity contribution in [1.82, 2.24) is 4.57 Å². The first-order valence-corrected chi connectivity index (χ1v) is 9.09. The van der Waals surface area contributed by atoms with E-state index in [1.54, 1.807) is 39.0 Å². The average molecular weight is 404 g/mol. The van der Waals surface area contributed by atoms with Gasteiger partial charge in [-0.05, 0) is 56.7 Å². The third kappa shape index (κ3) is 3.60. The second-order valence-electron chi connectivity index (χ2n) is 6.72. The number of fused-ring (bicyclic) bond motifs is 1. The van der Waals surface area contributed by atoms with Gasteiger partial charge in [0, 0.05) is 21.7 Å². The molecule has 1 aromatic heterocycles. The molecule has 0 radical (unpaired) electrons. The summed E-state index contributed by atoms with van der Waals surface area (Å²) in [7, 11) is 0. The molecule has 146 valence electrons. The molecule has 1 N–H and O–H groups in total. The summed E-state index contributed by atoms with van der Waals surface area (Å²) in [6, 6.07) is 9.02. The lowest BCUT2D eigenvalue weighted by Crippen LogP contribution is -2.16. The normalized spacial score (nSPS) is 11.2. The minimum atomic E-state index is -0.884. The van der Waals surface area contributed by atoms with Gasteiger partial charge in [-0.2, -0.15) is 0 Å². The van der Waals surface area contributed by atoms with Gasteiger partial charge in [0.05, 0.1) is 18.0 Å². The van der Waals surface area contributed by atoms with Crippen molar-refractivity contribution in [1.29, 1.82) is 0 Å². The van der Waals surface area contributed by atoms with Crippen LogP contribution in [0.3, 0.4) is 0 Å². The number of benzene rings is 2. The number of phenolic OH excluding ortho intramolecular Hbond substituents is 1. The smallest absolute Gasteiger partial charge is 0.310 e. The second-order valence-corrected chi connectivity index (χ2v) is 7.16. The van der Waals surface area contributed by atoms with E-state index in [0.29, 0.717) is 21.8 Å². The Hall–Kier alpha value is -2.86. The van der Waals surface area contributed by atoms with Crippen molar-refractivity contribution >= 4 is 34.4 Å². The van der Waals surface area contributed by atoms with Gasteiger partial charge in [0.1, 0.15) is 0 Å². The van der Waals surface area contributed by atoms with Gasteiger partial charge in [0.2, 0.25) is 0 Å². The third-order valence-corrected chi connectivity index (χ3v) is 4.61. The van der Waals surface area contributed by atoms with Crippen LogP contribution in [0.25, 0.3) is 10.9 Å². The number of carbonyl (C=O) groups excluding carboxylic acids is 2. The molecule has 3 rings (SSSR count). The maximum atomic E-state index is 14.7. The van der Waals surface area contributed by atoms with Gasteiger partial charge in [0.15, 0.2) is 11.6 Å². The van der Waals surface area contributed by atoms with Crippen molar-refractivity contribution in [3.63, 3.8) is 0 Å². The molecule has 2 aromatic carbocycles. The maximum Gasteiger partial charge on any atom is 0.310 e. The van der Waals surface area contributed by atoms with Crippen molar-refractivity contribution in [3.05, 3.63) is 64.1 Å². The fraction of sp³-hybridized carbons (Fsp3) is 0.238. The SMILES string of the molecule is Cc1c(CC(=O)OC(C)C)c2c(F)c(O)ccc2n1C(=O)c1cccc(Cl)c1. The van der Waals surface area contributed by atoms with E-state index in [1.165, 1.54) is 22.8 Å². The number of aromatic hydroxyl groups is 1. The summed E-state index contributed by atoms with van der Waals surface area (Å²) in [5, 5.41) is 10.2. The van der Waals surface area contributed by atoms with E-state index in [9.17, 15) is 19.1 Å². The van der Waals surface area contributed by atoms with E-state index in [4.69, 9.17) is 16.3 Å². The average Bonchev–Trinajstić information content (AvgIpc) is 2.89. The summed E-state index contributed by atoms with van der Waals surface area (Å²) in [4.78, 5) is 25.3. The van der Waals surface area contributed by atoms with Gasteiger partial charge in [-0.3, -0.25) is 14.2 Å². The Morgan fingerprint density at radius 2 is 1.96 bits per heavy atom. The molecule has 0 aliphatic rings. The van der Waals surface area contributed by atoms with Crippen molar-refractivity contribution < 1.29 is 23.8 Å². The number of hydrogen-bond donors (Lipinski definition) is 1. The highest BCUT2D eigenvalue weighted by Crippen LogP contribution is 2.34. The number of nitrogens with zero attached hydrogens (tertiary/aromatic N) is 1. The highest BCUT2D eigenvalue weighted by molar-refractivity contribution is 6.31. The summed E-state index contributed by atoms with van der Waals surface area (Å²) < 4.78 is 21.2. The molecule has 3 aromatic rings. The summed E-state index contributed by atoms with van der Waals surface area (Å²) in [6.07, 6.45) is -0.552.